The summed E-state index contributed by atoms with van der Waals surface area (Å²) in [6, 6.07) is 8.62. The number of hydrogen-bond acceptors (Lipinski definition) is 3. The standard InChI is InChI=1S/C11H16N2O2S.ClH/c1-10-9-12-7-8-13(10)16(14,15)11-5-3-2-4-6-11;/h2-6,10,12H,7-9H2,1H3;1H/t10-;/m1./s1. The van der Waals surface area contributed by atoms with Gasteiger partial charge in [0, 0.05) is 25.7 Å². The van der Waals surface area contributed by atoms with Gasteiger partial charge >= 0.3 is 0 Å². The van der Waals surface area contributed by atoms with Gasteiger partial charge in [-0.3, -0.25) is 0 Å². The minimum Gasteiger partial charge on any atom is -0.314 e. The van der Waals surface area contributed by atoms with E-state index in [9.17, 15) is 8.42 Å². The van der Waals surface area contributed by atoms with Crippen molar-refractivity contribution in [2.24, 2.45) is 0 Å². The van der Waals surface area contributed by atoms with Crippen LogP contribution in [0.5, 0.6) is 0 Å². The van der Waals surface area contributed by atoms with Crippen LogP contribution < -0.4 is 5.32 Å². The number of nitrogens with one attached hydrogen (secondary N) is 1. The van der Waals surface area contributed by atoms with Crippen molar-refractivity contribution < 1.29 is 8.42 Å². The Kier molecular flexibility index (Phi) is 4.94. The molecule has 1 aromatic rings. The molecule has 17 heavy (non-hydrogen) atoms. The van der Waals surface area contributed by atoms with Gasteiger partial charge in [-0.15, -0.1) is 12.4 Å². The van der Waals surface area contributed by atoms with E-state index in [2.05, 4.69) is 5.32 Å². The number of piperazine rings is 1. The third kappa shape index (κ3) is 2.98. The van der Waals surface area contributed by atoms with Gasteiger partial charge in [0.25, 0.3) is 0 Å². The molecule has 1 aliphatic rings. The summed E-state index contributed by atoms with van der Waals surface area (Å²) >= 11 is 0. The molecule has 1 N–H and O–H groups in total. The number of sulfonamides is 1. The van der Waals surface area contributed by atoms with Crippen molar-refractivity contribution in [2.45, 2.75) is 17.9 Å². The summed E-state index contributed by atoms with van der Waals surface area (Å²) in [7, 11) is -3.32. The van der Waals surface area contributed by atoms with Gasteiger partial charge in [0.05, 0.1) is 4.90 Å². The number of benzene rings is 1. The Labute approximate surface area is 108 Å². The summed E-state index contributed by atoms with van der Waals surface area (Å²) in [5.41, 5.74) is 0. The smallest absolute Gasteiger partial charge is 0.243 e. The molecule has 6 heteroatoms. The lowest BCUT2D eigenvalue weighted by Crippen LogP contribution is -2.52. The lowest BCUT2D eigenvalue weighted by atomic mass is 10.3. The fraction of sp³-hybridized carbons (Fsp3) is 0.455. The molecule has 96 valence electrons. The number of halogens is 1. The maximum Gasteiger partial charge on any atom is 0.243 e. The highest BCUT2D eigenvalue weighted by atomic mass is 35.5. The largest absolute Gasteiger partial charge is 0.314 e. The Bertz CT molecular complexity index is 450. The third-order valence-corrected chi connectivity index (χ3v) is 4.82. The van der Waals surface area contributed by atoms with Crippen molar-refractivity contribution >= 4 is 22.4 Å². The molecule has 4 nitrogen and oxygen atoms in total. The van der Waals surface area contributed by atoms with Crippen LogP contribution in [0.25, 0.3) is 0 Å². The fourth-order valence-electron chi connectivity index (χ4n) is 1.91. The molecule has 0 spiro atoms. The summed E-state index contributed by atoms with van der Waals surface area (Å²) in [6.07, 6.45) is 0. The second-order valence-corrected chi connectivity index (χ2v) is 5.87. The van der Waals surface area contributed by atoms with Crippen LogP contribution in [0.2, 0.25) is 0 Å². The average Bonchev–Trinajstić information content (AvgIpc) is 2.30. The molecule has 0 unspecified atom stereocenters. The highest BCUT2D eigenvalue weighted by molar-refractivity contribution is 7.89. The van der Waals surface area contributed by atoms with Crippen LogP contribution >= 0.6 is 12.4 Å². The van der Waals surface area contributed by atoms with Gasteiger partial charge in [0.1, 0.15) is 0 Å². The zero-order valence-corrected chi connectivity index (χ0v) is 11.3. The second-order valence-electron chi connectivity index (χ2n) is 3.98. The van der Waals surface area contributed by atoms with E-state index in [1.54, 1.807) is 28.6 Å². The zero-order valence-electron chi connectivity index (χ0n) is 9.67. The number of hydrogen-bond donors (Lipinski definition) is 1. The first kappa shape index (κ1) is 14.4. The summed E-state index contributed by atoms with van der Waals surface area (Å²) in [4.78, 5) is 0.378. The average molecular weight is 277 g/mol. The molecule has 1 atom stereocenters. The van der Waals surface area contributed by atoms with Crippen LogP contribution in [0.3, 0.4) is 0 Å². The predicted octanol–water partition coefficient (Wildman–Crippen LogP) is 1.09. The molecular weight excluding hydrogens is 260 g/mol. The van der Waals surface area contributed by atoms with Gasteiger partial charge in [-0.25, -0.2) is 8.42 Å². The van der Waals surface area contributed by atoms with Crippen molar-refractivity contribution in [1.82, 2.24) is 9.62 Å². The predicted molar refractivity (Wildman–Crippen MR) is 69.9 cm³/mol. The van der Waals surface area contributed by atoms with E-state index < -0.39 is 10.0 Å². The van der Waals surface area contributed by atoms with E-state index in [1.807, 2.05) is 13.0 Å². The molecule has 1 heterocycles. The third-order valence-electron chi connectivity index (χ3n) is 2.79. The van der Waals surface area contributed by atoms with E-state index in [0.29, 0.717) is 18.0 Å². The van der Waals surface area contributed by atoms with E-state index in [0.717, 1.165) is 6.54 Å². The molecule has 1 saturated heterocycles. The number of rotatable bonds is 2. The molecule has 1 fully saturated rings. The maximum atomic E-state index is 12.3. The Balaban J connectivity index is 0.00000144. The quantitative estimate of drug-likeness (QED) is 0.880. The highest BCUT2D eigenvalue weighted by Gasteiger charge is 2.30. The first-order valence-corrected chi connectivity index (χ1v) is 6.84. The lowest BCUT2D eigenvalue weighted by molar-refractivity contribution is 0.284. The van der Waals surface area contributed by atoms with Crippen molar-refractivity contribution in [2.75, 3.05) is 19.6 Å². The minimum absolute atomic E-state index is 0. The maximum absolute atomic E-state index is 12.3. The van der Waals surface area contributed by atoms with Gasteiger partial charge in [-0.05, 0) is 19.1 Å². The molecular formula is C11H17ClN2O2S. The molecule has 1 aliphatic heterocycles. The van der Waals surface area contributed by atoms with E-state index in [-0.39, 0.29) is 18.4 Å². The second kappa shape index (κ2) is 5.82. The molecule has 0 saturated carbocycles. The molecule has 0 radical (unpaired) electrons. The SMILES string of the molecule is C[C@@H]1CNCCN1S(=O)(=O)c1ccccc1.Cl. The zero-order chi connectivity index (χ0) is 11.6. The van der Waals surface area contributed by atoms with E-state index in [1.165, 1.54) is 0 Å². The van der Waals surface area contributed by atoms with Gasteiger partial charge in [0.15, 0.2) is 0 Å². The Morgan fingerprint density at radius 2 is 1.94 bits per heavy atom. The Morgan fingerprint density at radius 3 is 2.53 bits per heavy atom. The molecule has 0 aromatic heterocycles. The summed E-state index contributed by atoms with van der Waals surface area (Å²) in [6.45, 7) is 3.90. The van der Waals surface area contributed by atoms with Crippen LogP contribution in [0.15, 0.2) is 35.2 Å². The summed E-state index contributed by atoms with van der Waals surface area (Å²) in [5, 5.41) is 3.18. The van der Waals surface area contributed by atoms with Crippen molar-refractivity contribution in [1.29, 1.82) is 0 Å². The number of nitrogens with zero attached hydrogens (tertiary/aromatic N) is 1. The van der Waals surface area contributed by atoms with Crippen LogP contribution in [0, 0.1) is 0 Å². The molecule has 0 amide bonds. The van der Waals surface area contributed by atoms with Crippen molar-refractivity contribution in [3.8, 4) is 0 Å². The lowest BCUT2D eigenvalue weighted by Gasteiger charge is -2.32. The molecule has 0 aliphatic carbocycles. The first-order valence-electron chi connectivity index (χ1n) is 5.40. The monoisotopic (exact) mass is 276 g/mol. The van der Waals surface area contributed by atoms with E-state index >= 15 is 0 Å². The fourth-order valence-corrected chi connectivity index (χ4v) is 3.56. The van der Waals surface area contributed by atoms with E-state index in [4.69, 9.17) is 0 Å². The van der Waals surface area contributed by atoms with Crippen LogP contribution in [0.1, 0.15) is 6.92 Å². The summed E-state index contributed by atoms with van der Waals surface area (Å²) < 4.78 is 26.2. The Hall–Kier alpha value is -0.620. The van der Waals surface area contributed by atoms with Gasteiger partial charge in [-0.1, -0.05) is 18.2 Å². The van der Waals surface area contributed by atoms with Crippen LogP contribution in [0.4, 0.5) is 0 Å². The minimum atomic E-state index is -3.32. The molecule has 1 aromatic carbocycles. The molecule has 0 bridgehead atoms. The van der Waals surface area contributed by atoms with Crippen LogP contribution in [-0.2, 0) is 10.0 Å². The Morgan fingerprint density at radius 1 is 1.29 bits per heavy atom. The van der Waals surface area contributed by atoms with Crippen molar-refractivity contribution in [3.05, 3.63) is 30.3 Å². The van der Waals surface area contributed by atoms with Gasteiger partial charge in [0.2, 0.25) is 10.0 Å². The van der Waals surface area contributed by atoms with Crippen molar-refractivity contribution in [3.63, 3.8) is 0 Å². The van der Waals surface area contributed by atoms with Crippen LogP contribution in [-0.4, -0.2) is 38.4 Å². The normalized spacial score (nSPS) is 21.8. The molecule has 2 rings (SSSR count). The highest BCUT2D eigenvalue weighted by Crippen LogP contribution is 2.18. The summed E-state index contributed by atoms with van der Waals surface area (Å²) in [5.74, 6) is 0. The van der Waals surface area contributed by atoms with Gasteiger partial charge < -0.3 is 5.32 Å². The topological polar surface area (TPSA) is 49.4 Å². The van der Waals surface area contributed by atoms with Gasteiger partial charge in [-0.2, -0.15) is 4.31 Å². The first-order chi connectivity index (χ1) is 7.62.